The van der Waals surface area contributed by atoms with Crippen molar-refractivity contribution in [2.75, 3.05) is 19.6 Å². The number of amides is 2. The van der Waals surface area contributed by atoms with Crippen molar-refractivity contribution < 1.29 is 22.8 Å². The summed E-state index contributed by atoms with van der Waals surface area (Å²) in [5, 5.41) is 4.62. The molecule has 0 aliphatic rings. The van der Waals surface area contributed by atoms with Gasteiger partial charge in [0.2, 0.25) is 5.91 Å². The average Bonchev–Trinajstić information content (AvgIpc) is 2.50. The van der Waals surface area contributed by atoms with Crippen LogP contribution in [0.15, 0.2) is 24.3 Å². The topological polar surface area (TPSA) is 84.2 Å². The summed E-state index contributed by atoms with van der Waals surface area (Å²) in [6.45, 7) is -1.43. The van der Waals surface area contributed by atoms with E-state index in [1.54, 1.807) is 0 Å². The molecule has 0 atom stereocenters. The maximum atomic E-state index is 12.8. The van der Waals surface area contributed by atoms with Crippen molar-refractivity contribution in [2.24, 2.45) is 5.73 Å². The van der Waals surface area contributed by atoms with Gasteiger partial charge < -0.3 is 16.4 Å². The zero-order chi connectivity index (χ0) is 16.6. The predicted octanol–water partition coefficient (Wildman–Crippen LogP) is 1.47. The third-order valence-electron chi connectivity index (χ3n) is 2.82. The highest BCUT2D eigenvalue weighted by Gasteiger charge is 2.26. The Kier molecular flexibility index (Phi) is 9.28. The fourth-order valence-corrected chi connectivity index (χ4v) is 1.54. The highest BCUT2D eigenvalue weighted by atomic mass is 35.5. The van der Waals surface area contributed by atoms with Crippen molar-refractivity contribution >= 4 is 24.2 Å². The molecule has 1 aromatic carbocycles. The van der Waals surface area contributed by atoms with Crippen molar-refractivity contribution in [3.8, 4) is 0 Å². The molecule has 4 N–H and O–H groups in total. The van der Waals surface area contributed by atoms with Gasteiger partial charge in [0.05, 0.1) is 13.1 Å². The standard InChI is InChI=1S/C14H18F3N3O2.ClH/c15-11-5-3-10(4-6-11)13(22)19-7-1-2-12(21)20-9-14(16,17)8-18;/h3-6H,1-2,7-9,18H2,(H,19,22)(H,20,21);1H. The van der Waals surface area contributed by atoms with E-state index in [-0.39, 0.29) is 25.4 Å². The van der Waals surface area contributed by atoms with Gasteiger partial charge in [0.15, 0.2) is 0 Å². The van der Waals surface area contributed by atoms with Crippen LogP contribution in [0, 0.1) is 5.82 Å². The number of alkyl halides is 2. The lowest BCUT2D eigenvalue weighted by molar-refractivity contribution is -0.122. The first-order valence-corrected chi connectivity index (χ1v) is 6.72. The number of carbonyl (C=O) groups excluding carboxylic acids is 2. The van der Waals surface area contributed by atoms with E-state index in [0.717, 1.165) is 0 Å². The number of carbonyl (C=O) groups is 2. The van der Waals surface area contributed by atoms with E-state index in [4.69, 9.17) is 5.73 Å². The van der Waals surface area contributed by atoms with Crippen molar-refractivity contribution in [3.05, 3.63) is 35.6 Å². The molecule has 0 aliphatic heterocycles. The molecule has 0 unspecified atom stereocenters. The van der Waals surface area contributed by atoms with E-state index < -0.39 is 36.6 Å². The number of nitrogens with two attached hydrogens (primary N) is 1. The van der Waals surface area contributed by atoms with Gasteiger partial charge in [-0.05, 0) is 30.7 Å². The Hall–Kier alpha value is -1.80. The molecule has 0 heterocycles. The summed E-state index contributed by atoms with van der Waals surface area (Å²) >= 11 is 0. The lowest BCUT2D eigenvalue weighted by Gasteiger charge is -2.14. The van der Waals surface area contributed by atoms with Crippen molar-refractivity contribution in [1.82, 2.24) is 10.6 Å². The molecule has 1 aromatic rings. The highest BCUT2D eigenvalue weighted by Crippen LogP contribution is 2.08. The Bertz CT molecular complexity index is 512. The Morgan fingerprint density at radius 2 is 1.74 bits per heavy atom. The molecule has 9 heteroatoms. The molecule has 5 nitrogen and oxygen atoms in total. The van der Waals surface area contributed by atoms with Crippen LogP contribution in [0.2, 0.25) is 0 Å². The molecule has 2 amide bonds. The largest absolute Gasteiger partial charge is 0.352 e. The highest BCUT2D eigenvalue weighted by molar-refractivity contribution is 5.94. The third-order valence-corrected chi connectivity index (χ3v) is 2.82. The molecule has 130 valence electrons. The van der Waals surface area contributed by atoms with Crippen molar-refractivity contribution in [3.63, 3.8) is 0 Å². The maximum Gasteiger partial charge on any atom is 0.277 e. The van der Waals surface area contributed by atoms with Crippen LogP contribution in [-0.2, 0) is 4.79 Å². The summed E-state index contributed by atoms with van der Waals surface area (Å²) in [7, 11) is 0. The number of hydrogen-bond donors (Lipinski definition) is 3. The molecule has 0 fully saturated rings. The van der Waals surface area contributed by atoms with Gasteiger partial charge in [-0.1, -0.05) is 0 Å². The summed E-state index contributed by atoms with van der Waals surface area (Å²) in [6.07, 6.45) is 0.303. The zero-order valence-electron chi connectivity index (χ0n) is 12.3. The van der Waals surface area contributed by atoms with Gasteiger partial charge in [0, 0.05) is 18.5 Å². The van der Waals surface area contributed by atoms with Gasteiger partial charge in [0.25, 0.3) is 11.8 Å². The molecular formula is C14H19ClF3N3O2. The predicted molar refractivity (Wildman–Crippen MR) is 82.2 cm³/mol. The van der Waals surface area contributed by atoms with Gasteiger partial charge in [-0.3, -0.25) is 9.59 Å². The molecule has 0 aromatic heterocycles. The van der Waals surface area contributed by atoms with Crippen molar-refractivity contribution in [1.29, 1.82) is 0 Å². The summed E-state index contributed by atoms with van der Waals surface area (Å²) in [5.74, 6) is -4.49. The van der Waals surface area contributed by atoms with Gasteiger partial charge in [-0.2, -0.15) is 0 Å². The number of nitrogens with one attached hydrogen (secondary N) is 2. The fourth-order valence-electron chi connectivity index (χ4n) is 1.54. The number of halogens is 4. The molecule has 23 heavy (non-hydrogen) atoms. The molecule has 0 saturated heterocycles. The first-order valence-electron chi connectivity index (χ1n) is 6.72. The Balaban J connectivity index is 0.00000484. The lowest BCUT2D eigenvalue weighted by Crippen LogP contribution is -2.41. The van der Waals surface area contributed by atoms with Crippen LogP contribution >= 0.6 is 12.4 Å². The van der Waals surface area contributed by atoms with E-state index in [9.17, 15) is 22.8 Å². The SMILES string of the molecule is Cl.NCC(F)(F)CNC(=O)CCCNC(=O)c1ccc(F)cc1. The molecule has 0 saturated carbocycles. The van der Waals surface area contributed by atoms with Crippen LogP contribution in [0.25, 0.3) is 0 Å². The number of hydrogen-bond acceptors (Lipinski definition) is 3. The molecule has 0 bridgehead atoms. The van der Waals surface area contributed by atoms with Crippen LogP contribution in [0.1, 0.15) is 23.2 Å². The van der Waals surface area contributed by atoms with E-state index in [0.29, 0.717) is 12.0 Å². The minimum Gasteiger partial charge on any atom is -0.352 e. The zero-order valence-corrected chi connectivity index (χ0v) is 13.1. The molecular weight excluding hydrogens is 335 g/mol. The van der Waals surface area contributed by atoms with E-state index in [1.165, 1.54) is 24.3 Å². The number of benzene rings is 1. The first kappa shape index (κ1) is 21.2. The normalized spacial score (nSPS) is 10.6. The lowest BCUT2D eigenvalue weighted by atomic mass is 10.2. The fraction of sp³-hybridized carbons (Fsp3) is 0.429. The molecule has 1 rings (SSSR count). The summed E-state index contributed by atoms with van der Waals surface area (Å²) in [5.41, 5.74) is 5.14. The van der Waals surface area contributed by atoms with E-state index in [1.807, 2.05) is 0 Å². The average molecular weight is 354 g/mol. The van der Waals surface area contributed by atoms with Gasteiger partial charge in [-0.15, -0.1) is 12.4 Å². The second kappa shape index (κ2) is 10.1. The smallest absolute Gasteiger partial charge is 0.277 e. The summed E-state index contributed by atoms with van der Waals surface area (Å²) in [6, 6.07) is 5.01. The maximum absolute atomic E-state index is 12.8. The minimum absolute atomic E-state index is 0. The second-order valence-electron chi connectivity index (χ2n) is 4.70. The molecule has 0 radical (unpaired) electrons. The summed E-state index contributed by atoms with van der Waals surface area (Å²) < 4.78 is 38.3. The summed E-state index contributed by atoms with van der Waals surface area (Å²) in [4.78, 5) is 23.0. The van der Waals surface area contributed by atoms with Crippen LogP contribution in [-0.4, -0.2) is 37.4 Å². The van der Waals surface area contributed by atoms with Gasteiger partial charge in [0.1, 0.15) is 5.82 Å². The Labute approximate surface area is 138 Å². The van der Waals surface area contributed by atoms with Crippen LogP contribution in [0.3, 0.4) is 0 Å². The quantitative estimate of drug-likeness (QED) is 0.619. The minimum atomic E-state index is -3.12. The first-order chi connectivity index (χ1) is 10.3. The monoisotopic (exact) mass is 353 g/mol. The Morgan fingerprint density at radius 1 is 1.13 bits per heavy atom. The van der Waals surface area contributed by atoms with Crippen molar-refractivity contribution in [2.45, 2.75) is 18.8 Å². The van der Waals surface area contributed by atoms with Crippen LogP contribution < -0.4 is 16.4 Å². The van der Waals surface area contributed by atoms with Gasteiger partial charge >= 0.3 is 0 Å². The van der Waals surface area contributed by atoms with Crippen LogP contribution in [0.5, 0.6) is 0 Å². The number of rotatable bonds is 8. The van der Waals surface area contributed by atoms with Gasteiger partial charge in [-0.25, -0.2) is 13.2 Å². The molecule has 0 aliphatic carbocycles. The molecule has 0 spiro atoms. The van der Waals surface area contributed by atoms with Crippen LogP contribution in [0.4, 0.5) is 13.2 Å². The second-order valence-corrected chi connectivity index (χ2v) is 4.70. The van der Waals surface area contributed by atoms with E-state index in [2.05, 4.69) is 10.6 Å². The Morgan fingerprint density at radius 3 is 2.30 bits per heavy atom. The third kappa shape index (κ3) is 8.41. The van der Waals surface area contributed by atoms with E-state index >= 15 is 0 Å².